The van der Waals surface area contributed by atoms with Crippen molar-refractivity contribution in [2.75, 3.05) is 26.8 Å². The maximum absolute atomic E-state index is 12.6. The zero-order valence-corrected chi connectivity index (χ0v) is 12.0. The van der Waals surface area contributed by atoms with Gasteiger partial charge < -0.3 is 14.2 Å². The molecule has 19 heavy (non-hydrogen) atoms. The van der Waals surface area contributed by atoms with Crippen LogP contribution in [0.15, 0.2) is 12.4 Å². The quantitative estimate of drug-likeness (QED) is 0.753. The van der Waals surface area contributed by atoms with Crippen LogP contribution in [-0.2, 0) is 9.53 Å². The number of carbonyl (C=O) groups is 1. The number of imidazole rings is 1. The van der Waals surface area contributed by atoms with Crippen LogP contribution in [0.4, 0.5) is 0 Å². The molecule has 0 aliphatic heterocycles. The fraction of sp³-hybridized carbons (Fsp3) is 0.714. The van der Waals surface area contributed by atoms with E-state index in [0.717, 1.165) is 12.4 Å². The van der Waals surface area contributed by atoms with Gasteiger partial charge in [-0.15, -0.1) is 0 Å². The fourth-order valence-corrected chi connectivity index (χ4v) is 2.29. The number of ether oxygens (including phenoxy) is 1. The van der Waals surface area contributed by atoms with Crippen LogP contribution in [-0.4, -0.2) is 47.2 Å². The van der Waals surface area contributed by atoms with Crippen molar-refractivity contribution >= 4 is 5.91 Å². The zero-order valence-electron chi connectivity index (χ0n) is 12.0. The first kappa shape index (κ1) is 14.1. The van der Waals surface area contributed by atoms with Crippen molar-refractivity contribution in [2.24, 2.45) is 5.92 Å². The van der Waals surface area contributed by atoms with Gasteiger partial charge in [-0.2, -0.15) is 0 Å². The number of hydrogen-bond acceptors (Lipinski definition) is 3. The van der Waals surface area contributed by atoms with Crippen molar-refractivity contribution in [3.05, 3.63) is 18.2 Å². The van der Waals surface area contributed by atoms with Crippen molar-refractivity contribution in [2.45, 2.75) is 32.7 Å². The first-order valence-electron chi connectivity index (χ1n) is 6.90. The Morgan fingerprint density at radius 3 is 2.89 bits per heavy atom. The number of carbonyl (C=O) groups excluding carboxylic acids is 1. The van der Waals surface area contributed by atoms with E-state index >= 15 is 0 Å². The van der Waals surface area contributed by atoms with Gasteiger partial charge in [0.15, 0.2) is 0 Å². The average Bonchev–Trinajstić information content (AvgIpc) is 3.12. The van der Waals surface area contributed by atoms with Crippen LogP contribution < -0.4 is 0 Å². The Hall–Kier alpha value is -1.36. The Morgan fingerprint density at radius 1 is 1.63 bits per heavy atom. The molecule has 1 fully saturated rings. The first-order valence-corrected chi connectivity index (χ1v) is 6.90. The van der Waals surface area contributed by atoms with E-state index in [1.165, 1.54) is 12.8 Å². The number of hydrogen-bond donors (Lipinski definition) is 0. The minimum Gasteiger partial charge on any atom is -0.383 e. The van der Waals surface area contributed by atoms with Gasteiger partial charge in [0.25, 0.3) is 0 Å². The van der Waals surface area contributed by atoms with Crippen LogP contribution >= 0.6 is 0 Å². The van der Waals surface area contributed by atoms with E-state index in [-0.39, 0.29) is 11.9 Å². The topological polar surface area (TPSA) is 47.4 Å². The largest absolute Gasteiger partial charge is 0.383 e. The van der Waals surface area contributed by atoms with Crippen LogP contribution in [0.3, 0.4) is 0 Å². The molecule has 5 heteroatoms. The second-order valence-electron chi connectivity index (χ2n) is 5.28. The van der Waals surface area contributed by atoms with E-state index in [4.69, 9.17) is 4.74 Å². The molecule has 0 spiro atoms. The molecular weight excluding hydrogens is 242 g/mol. The molecule has 2 rings (SSSR count). The maximum Gasteiger partial charge on any atom is 0.245 e. The minimum atomic E-state index is -0.196. The second kappa shape index (κ2) is 6.19. The summed E-state index contributed by atoms with van der Waals surface area (Å²) < 4.78 is 7.03. The molecule has 0 aromatic carbocycles. The molecule has 0 N–H and O–H groups in total. The number of aryl methyl sites for hydroxylation is 1. The van der Waals surface area contributed by atoms with Gasteiger partial charge in [0, 0.05) is 32.6 Å². The highest BCUT2D eigenvalue weighted by Crippen LogP contribution is 2.30. The van der Waals surface area contributed by atoms with E-state index in [2.05, 4.69) is 4.98 Å². The Balaban J connectivity index is 2.02. The lowest BCUT2D eigenvalue weighted by molar-refractivity contribution is -0.135. The second-order valence-corrected chi connectivity index (χ2v) is 5.28. The molecule has 1 amide bonds. The summed E-state index contributed by atoms with van der Waals surface area (Å²) in [6, 6.07) is -0.196. The number of aromatic nitrogens is 2. The lowest BCUT2D eigenvalue weighted by Gasteiger charge is -2.26. The molecule has 1 saturated carbocycles. The maximum atomic E-state index is 12.6. The van der Waals surface area contributed by atoms with Crippen molar-refractivity contribution < 1.29 is 9.53 Å². The van der Waals surface area contributed by atoms with Gasteiger partial charge in [-0.25, -0.2) is 4.98 Å². The minimum absolute atomic E-state index is 0.157. The van der Waals surface area contributed by atoms with Crippen LogP contribution in [0.5, 0.6) is 0 Å². The summed E-state index contributed by atoms with van der Waals surface area (Å²) in [6.45, 7) is 5.98. The van der Waals surface area contributed by atoms with E-state index in [0.29, 0.717) is 19.1 Å². The zero-order chi connectivity index (χ0) is 13.8. The van der Waals surface area contributed by atoms with Crippen molar-refractivity contribution in [3.63, 3.8) is 0 Å². The molecule has 1 aliphatic carbocycles. The summed E-state index contributed by atoms with van der Waals surface area (Å²) in [4.78, 5) is 18.7. The van der Waals surface area contributed by atoms with Crippen LogP contribution in [0.25, 0.3) is 0 Å². The molecule has 0 bridgehead atoms. The van der Waals surface area contributed by atoms with Crippen LogP contribution in [0.2, 0.25) is 0 Å². The Morgan fingerprint density at radius 2 is 2.37 bits per heavy atom. The molecular formula is C14H23N3O2. The SMILES string of the molecule is COCCN(CC1CC1)C(=O)[C@H](C)n1ccnc1C. The summed E-state index contributed by atoms with van der Waals surface area (Å²) in [5.74, 6) is 1.72. The molecule has 1 aromatic rings. The van der Waals surface area contributed by atoms with Gasteiger partial charge in [0.1, 0.15) is 11.9 Å². The molecule has 0 radical (unpaired) electrons. The van der Waals surface area contributed by atoms with Crippen LogP contribution in [0, 0.1) is 12.8 Å². The predicted molar refractivity (Wildman–Crippen MR) is 72.9 cm³/mol. The molecule has 0 unspecified atom stereocenters. The Labute approximate surface area is 114 Å². The molecule has 5 nitrogen and oxygen atoms in total. The third-order valence-corrected chi connectivity index (χ3v) is 3.69. The van der Waals surface area contributed by atoms with Gasteiger partial charge in [-0.1, -0.05) is 0 Å². The standard InChI is InChI=1S/C14H23N3O2/c1-11(17-7-6-15-12(17)2)14(18)16(8-9-19-3)10-13-4-5-13/h6-7,11,13H,4-5,8-10H2,1-3H3/t11-/m0/s1. The lowest BCUT2D eigenvalue weighted by Crippen LogP contribution is -2.39. The van der Waals surface area contributed by atoms with E-state index in [9.17, 15) is 4.79 Å². The van der Waals surface area contributed by atoms with Crippen molar-refractivity contribution in [1.29, 1.82) is 0 Å². The summed E-state index contributed by atoms with van der Waals surface area (Å²) in [7, 11) is 1.67. The van der Waals surface area contributed by atoms with Crippen LogP contribution in [0.1, 0.15) is 31.6 Å². The molecule has 106 valence electrons. The molecule has 1 aliphatic rings. The Bertz CT molecular complexity index is 426. The van der Waals surface area contributed by atoms with Gasteiger partial charge in [0.2, 0.25) is 5.91 Å². The number of amides is 1. The highest BCUT2D eigenvalue weighted by atomic mass is 16.5. The summed E-state index contributed by atoms with van der Waals surface area (Å²) >= 11 is 0. The van der Waals surface area contributed by atoms with Gasteiger partial charge in [-0.3, -0.25) is 4.79 Å². The molecule has 1 atom stereocenters. The number of rotatable bonds is 7. The van der Waals surface area contributed by atoms with E-state index in [1.54, 1.807) is 13.3 Å². The molecule has 0 saturated heterocycles. The molecule has 1 aromatic heterocycles. The third-order valence-electron chi connectivity index (χ3n) is 3.69. The summed E-state index contributed by atoms with van der Waals surface area (Å²) in [6.07, 6.45) is 6.09. The fourth-order valence-electron chi connectivity index (χ4n) is 2.29. The van der Waals surface area contributed by atoms with E-state index in [1.807, 2.05) is 29.5 Å². The number of methoxy groups -OCH3 is 1. The van der Waals surface area contributed by atoms with E-state index < -0.39 is 0 Å². The predicted octanol–water partition coefficient (Wildman–Crippen LogP) is 1.64. The van der Waals surface area contributed by atoms with Gasteiger partial charge in [0.05, 0.1) is 6.61 Å². The average molecular weight is 265 g/mol. The highest BCUT2D eigenvalue weighted by molar-refractivity contribution is 5.80. The normalized spacial score (nSPS) is 16.4. The van der Waals surface area contributed by atoms with Crippen molar-refractivity contribution in [1.82, 2.24) is 14.5 Å². The number of nitrogens with zero attached hydrogens (tertiary/aromatic N) is 3. The van der Waals surface area contributed by atoms with Crippen molar-refractivity contribution in [3.8, 4) is 0 Å². The monoisotopic (exact) mass is 265 g/mol. The summed E-state index contributed by atoms with van der Waals surface area (Å²) in [5.41, 5.74) is 0. The Kier molecular flexibility index (Phi) is 4.58. The van der Waals surface area contributed by atoms with Gasteiger partial charge >= 0.3 is 0 Å². The van der Waals surface area contributed by atoms with Gasteiger partial charge in [-0.05, 0) is 32.6 Å². The molecule has 1 heterocycles. The summed E-state index contributed by atoms with van der Waals surface area (Å²) in [5, 5.41) is 0. The first-order chi connectivity index (χ1) is 9.13. The lowest BCUT2D eigenvalue weighted by atomic mass is 10.2. The third kappa shape index (κ3) is 3.56. The smallest absolute Gasteiger partial charge is 0.245 e. The highest BCUT2D eigenvalue weighted by Gasteiger charge is 2.29.